The molecular formula is C21H37N3O3. The van der Waals surface area contributed by atoms with Crippen LogP contribution in [0.25, 0.3) is 0 Å². The average Bonchev–Trinajstić information content (AvgIpc) is 2.73. The minimum atomic E-state index is -0.382. The highest BCUT2D eigenvalue weighted by Crippen LogP contribution is 2.32. The lowest BCUT2D eigenvalue weighted by atomic mass is 9.78. The van der Waals surface area contributed by atoms with Crippen LogP contribution in [0.1, 0.15) is 57.8 Å². The molecule has 0 spiro atoms. The van der Waals surface area contributed by atoms with Crippen molar-refractivity contribution in [2.45, 2.75) is 57.8 Å². The van der Waals surface area contributed by atoms with Gasteiger partial charge < -0.3 is 19.9 Å². The lowest BCUT2D eigenvalue weighted by Crippen LogP contribution is -2.57. The number of nitrogens with zero attached hydrogens (tertiary/aromatic N) is 2. The fourth-order valence-electron chi connectivity index (χ4n) is 5.06. The quantitative estimate of drug-likeness (QED) is 0.767. The molecule has 6 heteroatoms. The van der Waals surface area contributed by atoms with Crippen LogP contribution in [0, 0.1) is 11.3 Å². The Morgan fingerprint density at radius 3 is 2.26 bits per heavy atom. The number of carbonyl (C=O) groups is 2. The van der Waals surface area contributed by atoms with Crippen LogP contribution in [0.4, 0.5) is 0 Å². The van der Waals surface area contributed by atoms with Gasteiger partial charge in [-0.05, 0) is 38.3 Å². The summed E-state index contributed by atoms with van der Waals surface area (Å²) >= 11 is 0. The first-order valence-electron chi connectivity index (χ1n) is 10.9. The highest BCUT2D eigenvalue weighted by Gasteiger charge is 2.43. The zero-order chi connectivity index (χ0) is 19.1. The van der Waals surface area contributed by atoms with Crippen molar-refractivity contribution in [3.05, 3.63) is 0 Å². The highest BCUT2D eigenvalue weighted by atomic mass is 16.5. The van der Waals surface area contributed by atoms with Gasteiger partial charge in [0.1, 0.15) is 0 Å². The van der Waals surface area contributed by atoms with Gasteiger partial charge in [-0.15, -0.1) is 0 Å². The number of ether oxygens (including phenoxy) is 1. The normalized spacial score (nSPS) is 24.0. The van der Waals surface area contributed by atoms with Crippen LogP contribution >= 0.6 is 0 Å². The van der Waals surface area contributed by atoms with Crippen LogP contribution in [0.15, 0.2) is 0 Å². The molecule has 3 aliphatic rings. The molecule has 0 aromatic carbocycles. The van der Waals surface area contributed by atoms with Crippen molar-refractivity contribution in [2.75, 3.05) is 53.0 Å². The molecule has 6 nitrogen and oxygen atoms in total. The molecule has 2 amide bonds. The summed E-state index contributed by atoms with van der Waals surface area (Å²) in [6.45, 7) is 4.91. The topological polar surface area (TPSA) is 61.9 Å². The van der Waals surface area contributed by atoms with Crippen LogP contribution in [0.2, 0.25) is 0 Å². The fraction of sp³-hybridized carbons (Fsp3) is 0.905. The zero-order valence-corrected chi connectivity index (χ0v) is 17.0. The molecule has 2 heterocycles. The van der Waals surface area contributed by atoms with E-state index in [4.69, 9.17) is 4.74 Å². The Morgan fingerprint density at radius 1 is 1.00 bits per heavy atom. The Morgan fingerprint density at radius 2 is 1.63 bits per heavy atom. The predicted molar refractivity (Wildman–Crippen MR) is 105 cm³/mol. The van der Waals surface area contributed by atoms with Gasteiger partial charge in [-0.25, -0.2) is 0 Å². The molecule has 0 radical (unpaired) electrons. The SMILES string of the molecule is COCC1(C(=O)N2CCN(C(=O)CCC3CCCCC3)CC2)CCNCC1. The third-order valence-electron chi connectivity index (χ3n) is 6.85. The first-order chi connectivity index (χ1) is 13.1. The first kappa shape index (κ1) is 20.6. The second-order valence-electron chi connectivity index (χ2n) is 8.68. The summed E-state index contributed by atoms with van der Waals surface area (Å²) in [6, 6.07) is 0. The van der Waals surface area contributed by atoms with E-state index in [0.29, 0.717) is 39.2 Å². The molecule has 2 saturated heterocycles. The summed E-state index contributed by atoms with van der Waals surface area (Å²) in [5, 5.41) is 3.34. The van der Waals surface area contributed by atoms with Crippen molar-refractivity contribution in [1.29, 1.82) is 0 Å². The monoisotopic (exact) mass is 379 g/mol. The summed E-state index contributed by atoms with van der Waals surface area (Å²) in [5.74, 6) is 1.25. The third kappa shape index (κ3) is 5.23. The summed E-state index contributed by atoms with van der Waals surface area (Å²) < 4.78 is 5.41. The van der Waals surface area contributed by atoms with Crippen LogP contribution in [-0.2, 0) is 14.3 Å². The number of piperazine rings is 1. The number of amides is 2. The molecular weight excluding hydrogens is 342 g/mol. The fourth-order valence-corrected chi connectivity index (χ4v) is 5.06. The van der Waals surface area contributed by atoms with E-state index in [0.717, 1.165) is 38.3 Å². The summed E-state index contributed by atoms with van der Waals surface area (Å²) in [7, 11) is 1.68. The van der Waals surface area contributed by atoms with Crippen LogP contribution < -0.4 is 5.32 Å². The lowest BCUT2D eigenvalue weighted by Gasteiger charge is -2.42. The lowest BCUT2D eigenvalue weighted by molar-refractivity contribution is -0.151. The number of hydrogen-bond acceptors (Lipinski definition) is 4. The Kier molecular flexibility index (Phi) is 7.53. The van der Waals surface area contributed by atoms with Crippen molar-refractivity contribution in [3.63, 3.8) is 0 Å². The zero-order valence-electron chi connectivity index (χ0n) is 17.0. The molecule has 0 aromatic heterocycles. The molecule has 0 atom stereocenters. The molecule has 0 unspecified atom stereocenters. The Labute approximate surface area is 164 Å². The van der Waals surface area contributed by atoms with E-state index in [1.54, 1.807) is 7.11 Å². The maximum Gasteiger partial charge on any atom is 0.231 e. The number of rotatable bonds is 6. The second-order valence-corrected chi connectivity index (χ2v) is 8.68. The van der Waals surface area contributed by atoms with Crippen molar-refractivity contribution >= 4 is 11.8 Å². The number of hydrogen-bond donors (Lipinski definition) is 1. The van der Waals surface area contributed by atoms with Crippen molar-refractivity contribution in [1.82, 2.24) is 15.1 Å². The Hall–Kier alpha value is -1.14. The molecule has 1 saturated carbocycles. The van der Waals surface area contributed by atoms with Crippen molar-refractivity contribution in [2.24, 2.45) is 11.3 Å². The molecule has 154 valence electrons. The molecule has 27 heavy (non-hydrogen) atoms. The minimum absolute atomic E-state index is 0.222. The van der Waals surface area contributed by atoms with E-state index < -0.39 is 0 Å². The van der Waals surface area contributed by atoms with E-state index in [2.05, 4.69) is 5.32 Å². The van der Waals surface area contributed by atoms with E-state index in [-0.39, 0.29) is 17.2 Å². The standard InChI is InChI=1S/C21H37N3O3/c1-27-17-21(9-11-22-12-10-21)20(26)24-15-13-23(14-16-24)19(25)8-7-18-5-3-2-4-6-18/h18,22H,2-17H2,1H3. The molecule has 1 aliphatic carbocycles. The summed E-state index contributed by atoms with van der Waals surface area (Å²) in [5.41, 5.74) is -0.382. The summed E-state index contributed by atoms with van der Waals surface area (Å²) in [4.78, 5) is 29.7. The Balaban J connectivity index is 1.45. The van der Waals surface area contributed by atoms with Crippen LogP contribution in [-0.4, -0.2) is 74.6 Å². The smallest absolute Gasteiger partial charge is 0.231 e. The summed E-state index contributed by atoms with van der Waals surface area (Å²) in [6.07, 6.45) is 10.0. The third-order valence-corrected chi connectivity index (χ3v) is 6.85. The van der Waals surface area contributed by atoms with Gasteiger partial charge in [0.05, 0.1) is 12.0 Å². The number of piperidine rings is 1. The van der Waals surface area contributed by atoms with Gasteiger partial charge in [-0.2, -0.15) is 0 Å². The molecule has 0 aromatic rings. The van der Waals surface area contributed by atoms with Crippen molar-refractivity contribution in [3.8, 4) is 0 Å². The average molecular weight is 380 g/mol. The van der Waals surface area contributed by atoms with Gasteiger partial charge in [-0.3, -0.25) is 9.59 Å². The van der Waals surface area contributed by atoms with Gasteiger partial charge in [-0.1, -0.05) is 32.1 Å². The van der Waals surface area contributed by atoms with Gasteiger partial charge in [0.25, 0.3) is 0 Å². The van der Waals surface area contributed by atoms with Crippen LogP contribution in [0.3, 0.4) is 0 Å². The van der Waals surface area contributed by atoms with E-state index in [1.165, 1.54) is 32.1 Å². The van der Waals surface area contributed by atoms with Crippen molar-refractivity contribution < 1.29 is 14.3 Å². The molecule has 3 fully saturated rings. The molecule has 3 rings (SSSR count). The number of nitrogens with one attached hydrogen (secondary N) is 1. The van der Waals surface area contributed by atoms with Gasteiger partial charge >= 0.3 is 0 Å². The molecule has 0 bridgehead atoms. The van der Waals surface area contributed by atoms with E-state index in [9.17, 15) is 9.59 Å². The first-order valence-corrected chi connectivity index (χ1v) is 10.9. The maximum atomic E-state index is 13.2. The molecule has 2 aliphatic heterocycles. The minimum Gasteiger partial charge on any atom is -0.384 e. The number of methoxy groups -OCH3 is 1. The van der Waals surface area contributed by atoms with Gasteiger partial charge in [0, 0.05) is 39.7 Å². The van der Waals surface area contributed by atoms with E-state index in [1.807, 2.05) is 9.80 Å². The largest absolute Gasteiger partial charge is 0.384 e. The van der Waals surface area contributed by atoms with Gasteiger partial charge in [0.15, 0.2) is 0 Å². The molecule has 1 N–H and O–H groups in total. The second kappa shape index (κ2) is 9.87. The predicted octanol–water partition coefficient (Wildman–Crippen LogP) is 2.03. The maximum absolute atomic E-state index is 13.2. The van der Waals surface area contributed by atoms with E-state index >= 15 is 0 Å². The number of carbonyl (C=O) groups excluding carboxylic acids is 2. The Bertz CT molecular complexity index is 485. The highest BCUT2D eigenvalue weighted by molar-refractivity contribution is 5.83. The van der Waals surface area contributed by atoms with Crippen LogP contribution in [0.5, 0.6) is 0 Å². The van der Waals surface area contributed by atoms with Gasteiger partial charge in [0.2, 0.25) is 11.8 Å².